The Bertz CT molecular complexity index is 354. The molecule has 0 aliphatic rings. The van der Waals surface area contributed by atoms with E-state index >= 15 is 0 Å². The second-order valence-corrected chi connectivity index (χ2v) is 5.04. The summed E-state index contributed by atoms with van der Waals surface area (Å²) in [6.45, 7) is 3.49. The van der Waals surface area contributed by atoms with Crippen molar-refractivity contribution >= 4 is 0 Å². The zero-order chi connectivity index (χ0) is 14.8. The number of unbranched alkanes of at least 4 members (excludes halogenated alkanes) is 2. The van der Waals surface area contributed by atoms with Crippen molar-refractivity contribution in [3.8, 4) is 5.75 Å². The lowest BCUT2D eigenvalue weighted by molar-refractivity contribution is 0.129. The summed E-state index contributed by atoms with van der Waals surface area (Å²) in [4.78, 5) is 0. The summed E-state index contributed by atoms with van der Waals surface area (Å²) in [7, 11) is 1.84. The van der Waals surface area contributed by atoms with Crippen LogP contribution < -0.4 is 15.8 Å². The Morgan fingerprint density at radius 3 is 2.50 bits per heavy atom. The average molecular weight is 280 g/mol. The maximum atomic E-state index is 10.3. The first-order chi connectivity index (χ1) is 9.72. The number of likely N-dealkylation sites (N-methyl/N-ethyl adjacent to an activating group) is 1. The number of rotatable bonds is 10. The van der Waals surface area contributed by atoms with Gasteiger partial charge in [0.1, 0.15) is 5.75 Å². The molecule has 2 atom stereocenters. The van der Waals surface area contributed by atoms with E-state index in [9.17, 15) is 5.11 Å². The monoisotopic (exact) mass is 280 g/mol. The fourth-order valence-electron chi connectivity index (χ4n) is 2.18. The van der Waals surface area contributed by atoms with Gasteiger partial charge in [-0.1, -0.05) is 31.9 Å². The van der Waals surface area contributed by atoms with Crippen LogP contribution in [-0.4, -0.2) is 31.3 Å². The zero-order valence-corrected chi connectivity index (χ0v) is 12.6. The number of hydrogen-bond donors (Lipinski definition) is 3. The van der Waals surface area contributed by atoms with Gasteiger partial charge in [0.2, 0.25) is 0 Å². The van der Waals surface area contributed by atoms with Crippen molar-refractivity contribution in [3.63, 3.8) is 0 Å². The van der Waals surface area contributed by atoms with E-state index in [1.54, 1.807) is 0 Å². The molecule has 4 heteroatoms. The average Bonchev–Trinajstić information content (AvgIpc) is 2.49. The fourth-order valence-corrected chi connectivity index (χ4v) is 2.18. The predicted molar refractivity (Wildman–Crippen MR) is 82.9 cm³/mol. The van der Waals surface area contributed by atoms with Gasteiger partial charge >= 0.3 is 0 Å². The molecule has 1 rings (SSSR count). The standard InChI is InChI=1S/C16H28N2O2/c1-3-4-5-12-20-14-8-6-13(7-9-14)16(19)15(18-2)10-11-17/h6-9,15-16,18-19H,3-5,10-12,17H2,1-2H3. The third-order valence-corrected chi connectivity index (χ3v) is 3.47. The first-order valence-electron chi connectivity index (χ1n) is 7.51. The third kappa shape index (κ3) is 5.49. The smallest absolute Gasteiger partial charge is 0.119 e. The van der Waals surface area contributed by atoms with Gasteiger partial charge in [0.05, 0.1) is 12.7 Å². The Morgan fingerprint density at radius 1 is 1.25 bits per heavy atom. The van der Waals surface area contributed by atoms with Gasteiger partial charge in [-0.25, -0.2) is 0 Å². The maximum absolute atomic E-state index is 10.3. The van der Waals surface area contributed by atoms with E-state index in [2.05, 4.69) is 12.2 Å². The fraction of sp³-hybridized carbons (Fsp3) is 0.625. The minimum atomic E-state index is -0.544. The summed E-state index contributed by atoms with van der Waals surface area (Å²) in [5.41, 5.74) is 6.44. The Balaban J connectivity index is 2.52. The highest BCUT2D eigenvalue weighted by Crippen LogP contribution is 2.21. The molecule has 0 saturated carbocycles. The molecular formula is C16H28N2O2. The number of aliphatic hydroxyl groups is 1. The van der Waals surface area contributed by atoms with Crippen LogP contribution in [-0.2, 0) is 0 Å². The highest BCUT2D eigenvalue weighted by atomic mass is 16.5. The van der Waals surface area contributed by atoms with Gasteiger partial charge in [0.25, 0.3) is 0 Å². The molecule has 0 radical (unpaired) electrons. The number of aliphatic hydroxyl groups excluding tert-OH is 1. The van der Waals surface area contributed by atoms with Crippen LogP contribution in [0.3, 0.4) is 0 Å². The van der Waals surface area contributed by atoms with Crippen molar-refractivity contribution in [3.05, 3.63) is 29.8 Å². The lowest BCUT2D eigenvalue weighted by Crippen LogP contribution is -2.34. The molecule has 0 aromatic heterocycles. The molecule has 0 spiro atoms. The Kier molecular flexibility index (Phi) is 8.26. The normalized spacial score (nSPS) is 14.0. The lowest BCUT2D eigenvalue weighted by atomic mass is 10.00. The summed E-state index contributed by atoms with van der Waals surface area (Å²) in [6.07, 6.45) is 3.67. The molecule has 114 valence electrons. The van der Waals surface area contributed by atoms with E-state index in [-0.39, 0.29) is 6.04 Å². The molecule has 0 aliphatic heterocycles. The van der Waals surface area contributed by atoms with E-state index in [4.69, 9.17) is 10.5 Å². The van der Waals surface area contributed by atoms with Crippen LogP contribution in [0.1, 0.15) is 44.3 Å². The summed E-state index contributed by atoms with van der Waals surface area (Å²) in [5.74, 6) is 0.858. The SMILES string of the molecule is CCCCCOc1ccc(C(O)C(CCN)NC)cc1. The molecule has 4 nitrogen and oxygen atoms in total. The van der Waals surface area contributed by atoms with Crippen LogP contribution in [0.2, 0.25) is 0 Å². The van der Waals surface area contributed by atoms with Crippen LogP contribution in [0, 0.1) is 0 Å². The second-order valence-electron chi connectivity index (χ2n) is 5.04. The highest BCUT2D eigenvalue weighted by molar-refractivity contribution is 5.29. The third-order valence-electron chi connectivity index (χ3n) is 3.47. The van der Waals surface area contributed by atoms with Gasteiger partial charge in [-0.15, -0.1) is 0 Å². The minimum absolute atomic E-state index is 0.0173. The second kappa shape index (κ2) is 9.75. The number of nitrogens with one attached hydrogen (secondary N) is 1. The Hall–Kier alpha value is -1.10. The van der Waals surface area contributed by atoms with E-state index in [1.165, 1.54) is 12.8 Å². The summed E-state index contributed by atoms with van der Waals surface area (Å²) < 4.78 is 5.66. The maximum Gasteiger partial charge on any atom is 0.119 e. The summed E-state index contributed by atoms with van der Waals surface area (Å²) in [5, 5.41) is 13.4. The molecule has 0 aliphatic carbocycles. The zero-order valence-electron chi connectivity index (χ0n) is 12.6. The highest BCUT2D eigenvalue weighted by Gasteiger charge is 2.18. The van der Waals surface area contributed by atoms with E-state index in [0.29, 0.717) is 6.54 Å². The number of ether oxygens (including phenoxy) is 1. The summed E-state index contributed by atoms with van der Waals surface area (Å²) >= 11 is 0. The van der Waals surface area contributed by atoms with Gasteiger partial charge < -0.3 is 20.9 Å². The molecule has 4 N–H and O–H groups in total. The molecule has 0 fully saturated rings. The van der Waals surface area contributed by atoms with Crippen molar-refractivity contribution in [2.24, 2.45) is 5.73 Å². The van der Waals surface area contributed by atoms with Crippen LogP contribution in [0.4, 0.5) is 0 Å². The van der Waals surface area contributed by atoms with Crippen LogP contribution in [0.15, 0.2) is 24.3 Å². The van der Waals surface area contributed by atoms with E-state index in [1.807, 2.05) is 31.3 Å². The molecule has 0 heterocycles. The topological polar surface area (TPSA) is 67.5 Å². The minimum Gasteiger partial charge on any atom is -0.494 e. The summed E-state index contributed by atoms with van der Waals surface area (Å²) in [6, 6.07) is 7.65. The molecule has 20 heavy (non-hydrogen) atoms. The Morgan fingerprint density at radius 2 is 1.95 bits per heavy atom. The molecule has 0 saturated heterocycles. The van der Waals surface area contributed by atoms with Crippen molar-refractivity contribution in [1.29, 1.82) is 0 Å². The predicted octanol–water partition coefficient (Wildman–Crippen LogP) is 2.23. The molecular weight excluding hydrogens is 252 g/mol. The molecule has 0 amide bonds. The van der Waals surface area contributed by atoms with Crippen LogP contribution in [0.25, 0.3) is 0 Å². The quantitative estimate of drug-likeness (QED) is 0.575. The van der Waals surface area contributed by atoms with Gasteiger partial charge in [-0.3, -0.25) is 0 Å². The van der Waals surface area contributed by atoms with Crippen molar-refractivity contribution in [2.45, 2.75) is 44.8 Å². The first kappa shape index (κ1) is 17.0. The van der Waals surface area contributed by atoms with Gasteiger partial charge in [0.15, 0.2) is 0 Å². The van der Waals surface area contributed by atoms with Gasteiger partial charge in [0, 0.05) is 6.04 Å². The number of hydrogen-bond acceptors (Lipinski definition) is 4. The largest absolute Gasteiger partial charge is 0.494 e. The van der Waals surface area contributed by atoms with Crippen molar-refractivity contribution < 1.29 is 9.84 Å². The number of nitrogens with two attached hydrogens (primary N) is 1. The van der Waals surface area contributed by atoms with Crippen molar-refractivity contribution in [2.75, 3.05) is 20.2 Å². The van der Waals surface area contributed by atoms with E-state index < -0.39 is 6.10 Å². The lowest BCUT2D eigenvalue weighted by Gasteiger charge is -2.22. The number of benzene rings is 1. The molecule has 1 aromatic rings. The molecule has 1 aromatic carbocycles. The van der Waals surface area contributed by atoms with Gasteiger partial charge in [-0.2, -0.15) is 0 Å². The Labute approximate surface area is 122 Å². The van der Waals surface area contributed by atoms with Crippen molar-refractivity contribution in [1.82, 2.24) is 5.32 Å². The molecule has 2 unspecified atom stereocenters. The molecule has 0 bridgehead atoms. The van der Waals surface area contributed by atoms with Crippen LogP contribution >= 0.6 is 0 Å². The van der Waals surface area contributed by atoms with Crippen LogP contribution in [0.5, 0.6) is 5.75 Å². The first-order valence-corrected chi connectivity index (χ1v) is 7.51. The van der Waals surface area contributed by atoms with E-state index in [0.717, 1.165) is 30.8 Å². The van der Waals surface area contributed by atoms with Gasteiger partial charge in [-0.05, 0) is 44.1 Å².